The van der Waals surface area contributed by atoms with Crippen LogP contribution in [0.1, 0.15) is 25.3 Å². The van der Waals surface area contributed by atoms with Crippen LogP contribution in [0.15, 0.2) is 46.8 Å². The van der Waals surface area contributed by atoms with Crippen LogP contribution >= 0.6 is 11.6 Å². The highest BCUT2D eigenvalue weighted by Gasteiger charge is 2.39. The van der Waals surface area contributed by atoms with E-state index < -0.39 is 22.8 Å². The number of hydrogen-bond acceptors (Lipinski definition) is 8. The van der Waals surface area contributed by atoms with Crippen LogP contribution < -0.4 is 5.32 Å². The Kier molecular flexibility index (Phi) is 8.37. The van der Waals surface area contributed by atoms with Crippen LogP contribution in [-0.4, -0.2) is 50.3 Å². The van der Waals surface area contributed by atoms with Crippen LogP contribution in [0.3, 0.4) is 0 Å². The molecule has 0 fully saturated rings. The summed E-state index contributed by atoms with van der Waals surface area (Å²) in [4.78, 5) is 35.5. The average molecular weight is 439 g/mol. The van der Waals surface area contributed by atoms with Gasteiger partial charge in [0.2, 0.25) is 6.54 Å². The summed E-state index contributed by atoms with van der Waals surface area (Å²) in [6.45, 7) is 2.80. The molecule has 2 rings (SSSR count). The number of halogens is 1. The fraction of sp³-hybridized carbons (Fsp3) is 0.400. The predicted octanol–water partition coefficient (Wildman–Crippen LogP) is 2.58. The van der Waals surface area contributed by atoms with Gasteiger partial charge in [-0.2, -0.15) is 0 Å². The van der Waals surface area contributed by atoms with E-state index in [2.05, 4.69) is 5.32 Å². The summed E-state index contributed by atoms with van der Waals surface area (Å²) in [6.07, 6.45) is 0. The van der Waals surface area contributed by atoms with Gasteiger partial charge in [0.05, 0.1) is 43.1 Å². The molecule has 1 unspecified atom stereocenters. The Morgan fingerprint density at radius 1 is 1.23 bits per heavy atom. The van der Waals surface area contributed by atoms with E-state index in [1.54, 1.807) is 38.1 Å². The molecule has 162 valence electrons. The number of hydrogen-bond donors (Lipinski definition) is 1. The first-order valence-corrected chi connectivity index (χ1v) is 9.59. The topological polar surface area (TPSA) is 117 Å². The molecule has 0 radical (unpaired) electrons. The summed E-state index contributed by atoms with van der Waals surface area (Å²) in [5.41, 5.74) is 1.66. The van der Waals surface area contributed by atoms with Crippen molar-refractivity contribution in [1.82, 2.24) is 5.32 Å². The van der Waals surface area contributed by atoms with Crippen molar-refractivity contribution in [2.45, 2.75) is 19.8 Å². The third kappa shape index (κ3) is 5.37. The van der Waals surface area contributed by atoms with E-state index in [0.717, 1.165) is 0 Å². The average Bonchev–Trinajstić information content (AvgIpc) is 2.70. The van der Waals surface area contributed by atoms with Crippen LogP contribution in [0.25, 0.3) is 0 Å². The molecule has 0 bridgehead atoms. The highest BCUT2D eigenvalue weighted by molar-refractivity contribution is 6.31. The number of esters is 2. The van der Waals surface area contributed by atoms with Gasteiger partial charge in [0.15, 0.2) is 0 Å². The minimum atomic E-state index is -0.861. The summed E-state index contributed by atoms with van der Waals surface area (Å²) in [5, 5.41) is 13.9. The molecule has 1 aliphatic heterocycles. The molecule has 10 heteroatoms. The summed E-state index contributed by atoms with van der Waals surface area (Å²) < 4.78 is 15.6. The maximum absolute atomic E-state index is 12.9. The van der Waals surface area contributed by atoms with Gasteiger partial charge in [-0.1, -0.05) is 29.8 Å². The first kappa shape index (κ1) is 23.4. The van der Waals surface area contributed by atoms with Crippen LogP contribution in [0.4, 0.5) is 0 Å². The largest absolute Gasteiger partial charge is 0.466 e. The number of carbonyl (C=O) groups excluding carboxylic acids is 2. The normalized spacial score (nSPS) is 16.2. The number of nitrogens with one attached hydrogen (secondary N) is 1. The smallest absolute Gasteiger partial charge is 0.336 e. The summed E-state index contributed by atoms with van der Waals surface area (Å²) in [5.74, 6) is -2.14. The van der Waals surface area contributed by atoms with E-state index in [9.17, 15) is 19.7 Å². The lowest BCUT2D eigenvalue weighted by atomic mass is 9.80. The van der Waals surface area contributed by atoms with E-state index in [0.29, 0.717) is 22.0 Å². The molecule has 0 saturated heterocycles. The van der Waals surface area contributed by atoms with E-state index >= 15 is 0 Å². The van der Waals surface area contributed by atoms with Crippen molar-refractivity contribution in [3.8, 4) is 0 Å². The Bertz CT molecular complexity index is 895. The molecular weight excluding hydrogens is 416 g/mol. The van der Waals surface area contributed by atoms with Crippen molar-refractivity contribution in [3.05, 3.63) is 67.5 Å². The van der Waals surface area contributed by atoms with Crippen molar-refractivity contribution in [2.75, 3.05) is 33.5 Å². The Hall–Kier alpha value is -2.91. The molecule has 1 N–H and O–H groups in total. The van der Waals surface area contributed by atoms with Gasteiger partial charge in [-0.25, -0.2) is 9.59 Å². The number of nitro groups is 1. The number of carbonyl (C=O) groups is 2. The lowest BCUT2D eigenvalue weighted by molar-refractivity contribution is -0.483. The molecule has 1 atom stereocenters. The van der Waals surface area contributed by atoms with Gasteiger partial charge in [0.1, 0.15) is 6.61 Å². The quantitative estimate of drug-likeness (QED) is 0.270. The first-order chi connectivity index (χ1) is 14.3. The van der Waals surface area contributed by atoms with Crippen LogP contribution in [0.2, 0.25) is 5.02 Å². The van der Waals surface area contributed by atoms with Crippen molar-refractivity contribution in [3.63, 3.8) is 0 Å². The molecule has 0 spiro atoms. The predicted molar refractivity (Wildman–Crippen MR) is 108 cm³/mol. The number of allylic oxidation sites excluding steroid dienone is 1. The second kappa shape index (κ2) is 10.7. The zero-order valence-electron chi connectivity index (χ0n) is 16.9. The van der Waals surface area contributed by atoms with Crippen molar-refractivity contribution < 1.29 is 28.7 Å². The zero-order chi connectivity index (χ0) is 22.3. The number of benzene rings is 1. The van der Waals surface area contributed by atoms with Crippen molar-refractivity contribution in [1.29, 1.82) is 0 Å². The second-order valence-electron chi connectivity index (χ2n) is 6.33. The van der Waals surface area contributed by atoms with E-state index in [4.69, 9.17) is 25.8 Å². The molecular formula is C20H23ClN2O7. The highest BCUT2D eigenvalue weighted by Crippen LogP contribution is 2.41. The van der Waals surface area contributed by atoms with Crippen molar-refractivity contribution >= 4 is 23.5 Å². The van der Waals surface area contributed by atoms with E-state index in [1.807, 2.05) is 0 Å². The Morgan fingerprint density at radius 2 is 1.93 bits per heavy atom. The Balaban J connectivity index is 2.59. The van der Waals surface area contributed by atoms with Crippen LogP contribution in [0.5, 0.6) is 0 Å². The monoisotopic (exact) mass is 438 g/mol. The van der Waals surface area contributed by atoms with Gasteiger partial charge in [0, 0.05) is 15.6 Å². The number of dihydropyridines is 1. The molecule has 0 amide bonds. The lowest BCUT2D eigenvalue weighted by Gasteiger charge is -2.31. The van der Waals surface area contributed by atoms with Crippen molar-refractivity contribution in [2.24, 2.45) is 0 Å². The fourth-order valence-corrected chi connectivity index (χ4v) is 3.42. The maximum atomic E-state index is 12.9. The third-order valence-corrected chi connectivity index (χ3v) is 4.77. The molecule has 1 aromatic rings. The molecule has 0 saturated carbocycles. The van der Waals surface area contributed by atoms with Gasteiger partial charge in [-0.3, -0.25) is 10.1 Å². The molecule has 1 aliphatic rings. The highest BCUT2D eigenvalue weighted by atomic mass is 35.5. The van der Waals surface area contributed by atoms with E-state index in [1.165, 1.54) is 7.11 Å². The molecule has 0 aromatic heterocycles. The summed E-state index contributed by atoms with van der Waals surface area (Å²) >= 11 is 6.40. The lowest BCUT2D eigenvalue weighted by Crippen LogP contribution is -2.35. The Labute approximate surface area is 178 Å². The van der Waals surface area contributed by atoms with Gasteiger partial charge in [0.25, 0.3) is 0 Å². The minimum absolute atomic E-state index is 0.114. The summed E-state index contributed by atoms with van der Waals surface area (Å²) in [7, 11) is 1.25. The molecule has 1 heterocycles. The molecule has 9 nitrogen and oxygen atoms in total. The van der Waals surface area contributed by atoms with Gasteiger partial charge in [-0.05, 0) is 25.5 Å². The number of ether oxygens (including phenoxy) is 3. The van der Waals surface area contributed by atoms with Gasteiger partial charge in [-0.15, -0.1) is 0 Å². The SMILES string of the molecule is CCOC(=O)C1=C(COCC[N+](=O)[O-])NC(C)=C(C(=O)OC)C1c1ccccc1Cl. The van der Waals surface area contributed by atoms with Crippen LogP contribution in [0, 0.1) is 10.1 Å². The summed E-state index contributed by atoms with van der Waals surface area (Å²) in [6, 6.07) is 6.83. The zero-order valence-corrected chi connectivity index (χ0v) is 17.7. The molecule has 0 aliphatic carbocycles. The second-order valence-corrected chi connectivity index (χ2v) is 6.74. The maximum Gasteiger partial charge on any atom is 0.336 e. The first-order valence-electron chi connectivity index (χ1n) is 9.22. The fourth-order valence-electron chi connectivity index (χ4n) is 3.17. The standard InChI is InChI=1S/C20H23ClN2O7/c1-4-30-20(25)18-15(11-29-10-9-23(26)27)22-12(2)16(19(24)28-3)17(18)13-7-5-6-8-14(13)21/h5-8,17,22H,4,9-11H2,1-3H3. The third-order valence-electron chi connectivity index (χ3n) is 4.43. The Morgan fingerprint density at radius 3 is 2.53 bits per heavy atom. The van der Waals surface area contributed by atoms with Gasteiger partial charge < -0.3 is 19.5 Å². The number of nitrogens with zero attached hydrogens (tertiary/aromatic N) is 1. The van der Waals surface area contributed by atoms with E-state index in [-0.39, 0.29) is 37.5 Å². The number of methoxy groups -OCH3 is 1. The molecule has 30 heavy (non-hydrogen) atoms. The number of rotatable bonds is 9. The minimum Gasteiger partial charge on any atom is -0.466 e. The molecule has 1 aromatic carbocycles. The van der Waals surface area contributed by atoms with Gasteiger partial charge >= 0.3 is 11.9 Å². The van der Waals surface area contributed by atoms with Crippen LogP contribution in [-0.2, 0) is 23.8 Å².